The summed E-state index contributed by atoms with van der Waals surface area (Å²) in [7, 11) is 3.92. The zero-order valence-electron chi connectivity index (χ0n) is 11.2. The van der Waals surface area contributed by atoms with E-state index in [4.69, 9.17) is 4.74 Å². The number of methoxy groups -OCH3 is 1. The molecule has 2 atom stereocenters. The second kappa shape index (κ2) is 8.04. The third-order valence-electron chi connectivity index (χ3n) is 3.76. The topological polar surface area (TPSA) is 24.5 Å². The minimum absolute atomic E-state index is 0.779. The molecule has 0 amide bonds. The van der Waals surface area contributed by atoms with Crippen LogP contribution < -0.4 is 5.32 Å². The van der Waals surface area contributed by atoms with E-state index in [0.29, 0.717) is 0 Å². The molecular formula is C13H28N2O. The second-order valence-electron chi connectivity index (χ2n) is 4.96. The molecular weight excluding hydrogens is 200 g/mol. The van der Waals surface area contributed by atoms with Crippen LogP contribution in [0.25, 0.3) is 0 Å². The summed E-state index contributed by atoms with van der Waals surface area (Å²) in [5.41, 5.74) is 0. The van der Waals surface area contributed by atoms with Gasteiger partial charge in [-0.2, -0.15) is 0 Å². The zero-order valence-corrected chi connectivity index (χ0v) is 11.2. The molecule has 0 aromatic carbocycles. The first kappa shape index (κ1) is 13.9. The van der Waals surface area contributed by atoms with Crippen molar-refractivity contribution in [1.82, 2.24) is 10.2 Å². The number of hydrogen-bond donors (Lipinski definition) is 1. The number of hydrogen-bond acceptors (Lipinski definition) is 3. The fraction of sp³-hybridized carbons (Fsp3) is 1.00. The maximum Gasteiger partial charge on any atom is 0.0589 e. The van der Waals surface area contributed by atoms with Crippen molar-refractivity contribution in [2.24, 2.45) is 5.92 Å². The van der Waals surface area contributed by atoms with Crippen molar-refractivity contribution in [3.8, 4) is 0 Å². The van der Waals surface area contributed by atoms with Gasteiger partial charge in [-0.3, -0.25) is 0 Å². The Balaban J connectivity index is 2.05. The molecule has 0 spiro atoms. The normalized spacial score (nSPS) is 25.5. The van der Waals surface area contributed by atoms with Gasteiger partial charge in [-0.05, 0) is 25.8 Å². The SMILES string of the molecule is CCC1CCCC1NCCN(C)CCOC. The monoisotopic (exact) mass is 228 g/mol. The van der Waals surface area contributed by atoms with E-state index in [0.717, 1.165) is 38.2 Å². The van der Waals surface area contributed by atoms with Crippen LogP contribution in [-0.2, 0) is 4.74 Å². The Labute approximate surface area is 101 Å². The molecule has 3 heteroatoms. The van der Waals surface area contributed by atoms with E-state index in [9.17, 15) is 0 Å². The molecule has 1 N–H and O–H groups in total. The summed E-state index contributed by atoms with van der Waals surface area (Å²) in [6, 6.07) is 0.779. The Morgan fingerprint density at radius 1 is 1.31 bits per heavy atom. The van der Waals surface area contributed by atoms with Crippen LogP contribution in [0.15, 0.2) is 0 Å². The lowest BCUT2D eigenvalue weighted by Gasteiger charge is -2.22. The van der Waals surface area contributed by atoms with E-state index in [1.54, 1.807) is 7.11 Å². The Hall–Kier alpha value is -0.120. The molecule has 16 heavy (non-hydrogen) atoms. The number of nitrogens with one attached hydrogen (secondary N) is 1. The number of nitrogens with zero attached hydrogens (tertiary/aromatic N) is 1. The van der Waals surface area contributed by atoms with Crippen LogP contribution >= 0.6 is 0 Å². The average Bonchev–Trinajstić information content (AvgIpc) is 2.74. The first-order valence-electron chi connectivity index (χ1n) is 6.68. The fourth-order valence-corrected chi connectivity index (χ4v) is 2.59. The maximum atomic E-state index is 5.06. The molecule has 1 fully saturated rings. The van der Waals surface area contributed by atoms with Crippen molar-refractivity contribution in [2.45, 2.75) is 38.6 Å². The van der Waals surface area contributed by atoms with Gasteiger partial charge in [-0.1, -0.05) is 19.8 Å². The molecule has 3 nitrogen and oxygen atoms in total. The highest BCUT2D eigenvalue weighted by Crippen LogP contribution is 2.27. The summed E-state index contributed by atoms with van der Waals surface area (Å²) in [6.45, 7) is 6.41. The quantitative estimate of drug-likeness (QED) is 0.685. The van der Waals surface area contributed by atoms with Crippen molar-refractivity contribution >= 4 is 0 Å². The minimum atomic E-state index is 0.779. The highest BCUT2D eigenvalue weighted by atomic mass is 16.5. The van der Waals surface area contributed by atoms with Crippen molar-refractivity contribution in [2.75, 3.05) is 40.4 Å². The Morgan fingerprint density at radius 2 is 2.12 bits per heavy atom. The highest BCUT2D eigenvalue weighted by Gasteiger charge is 2.24. The van der Waals surface area contributed by atoms with Crippen LogP contribution in [0, 0.1) is 5.92 Å². The summed E-state index contributed by atoms with van der Waals surface area (Å²) < 4.78 is 5.06. The summed E-state index contributed by atoms with van der Waals surface area (Å²) in [5, 5.41) is 3.71. The highest BCUT2D eigenvalue weighted by molar-refractivity contribution is 4.82. The lowest BCUT2D eigenvalue weighted by Crippen LogP contribution is -2.38. The third-order valence-corrected chi connectivity index (χ3v) is 3.76. The number of ether oxygens (including phenoxy) is 1. The van der Waals surface area contributed by atoms with Crippen LogP contribution in [0.1, 0.15) is 32.6 Å². The van der Waals surface area contributed by atoms with Gasteiger partial charge in [0.05, 0.1) is 6.61 Å². The van der Waals surface area contributed by atoms with Gasteiger partial charge in [-0.25, -0.2) is 0 Å². The van der Waals surface area contributed by atoms with Crippen molar-refractivity contribution in [1.29, 1.82) is 0 Å². The van der Waals surface area contributed by atoms with Gasteiger partial charge in [0.1, 0.15) is 0 Å². The molecule has 1 rings (SSSR count). The first-order chi connectivity index (χ1) is 7.77. The van der Waals surface area contributed by atoms with Crippen molar-refractivity contribution < 1.29 is 4.74 Å². The largest absolute Gasteiger partial charge is 0.383 e. The standard InChI is InChI=1S/C13H28N2O/c1-4-12-6-5-7-13(12)14-8-9-15(2)10-11-16-3/h12-14H,4-11H2,1-3H3. The van der Waals surface area contributed by atoms with E-state index in [-0.39, 0.29) is 0 Å². The van der Waals surface area contributed by atoms with Crippen LogP contribution in [0.5, 0.6) is 0 Å². The predicted octanol–water partition coefficient (Wildman–Crippen LogP) is 1.73. The summed E-state index contributed by atoms with van der Waals surface area (Å²) in [4.78, 5) is 2.33. The molecule has 1 saturated carbocycles. The smallest absolute Gasteiger partial charge is 0.0589 e. The van der Waals surface area contributed by atoms with Crippen molar-refractivity contribution in [3.63, 3.8) is 0 Å². The van der Waals surface area contributed by atoms with E-state index >= 15 is 0 Å². The van der Waals surface area contributed by atoms with E-state index in [2.05, 4.69) is 24.2 Å². The number of rotatable bonds is 8. The molecule has 0 aromatic rings. The Bertz CT molecular complexity index is 175. The fourth-order valence-electron chi connectivity index (χ4n) is 2.59. The first-order valence-corrected chi connectivity index (χ1v) is 6.68. The molecule has 0 saturated heterocycles. The molecule has 96 valence electrons. The molecule has 0 bridgehead atoms. The zero-order chi connectivity index (χ0) is 11.8. The Kier molecular flexibility index (Phi) is 7.01. The predicted molar refractivity (Wildman–Crippen MR) is 68.8 cm³/mol. The van der Waals surface area contributed by atoms with E-state index < -0.39 is 0 Å². The lowest BCUT2D eigenvalue weighted by atomic mass is 10.0. The van der Waals surface area contributed by atoms with Gasteiger partial charge in [-0.15, -0.1) is 0 Å². The Morgan fingerprint density at radius 3 is 2.81 bits per heavy atom. The lowest BCUT2D eigenvalue weighted by molar-refractivity contribution is 0.160. The van der Waals surface area contributed by atoms with Gasteiger partial charge in [0.15, 0.2) is 0 Å². The molecule has 1 aliphatic rings. The molecule has 0 aliphatic heterocycles. The summed E-state index contributed by atoms with van der Waals surface area (Å²) in [6.07, 6.45) is 5.54. The van der Waals surface area contributed by atoms with Gasteiger partial charge >= 0.3 is 0 Å². The van der Waals surface area contributed by atoms with Crippen molar-refractivity contribution in [3.05, 3.63) is 0 Å². The summed E-state index contributed by atoms with van der Waals surface area (Å²) >= 11 is 0. The average molecular weight is 228 g/mol. The molecule has 0 radical (unpaired) electrons. The van der Waals surface area contributed by atoms with Crippen LogP contribution in [0.3, 0.4) is 0 Å². The van der Waals surface area contributed by atoms with Gasteiger partial charge in [0.2, 0.25) is 0 Å². The van der Waals surface area contributed by atoms with Gasteiger partial charge < -0.3 is 15.0 Å². The minimum Gasteiger partial charge on any atom is -0.383 e. The third kappa shape index (κ3) is 4.81. The molecule has 2 unspecified atom stereocenters. The van der Waals surface area contributed by atoms with Crippen LogP contribution in [0.4, 0.5) is 0 Å². The molecule has 0 heterocycles. The van der Waals surface area contributed by atoms with E-state index in [1.165, 1.54) is 25.7 Å². The van der Waals surface area contributed by atoms with Gasteiger partial charge in [0.25, 0.3) is 0 Å². The van der Waals surface area contributed by atoms with Crippen LogP contribution in [-0.4, -0.2) is 51.3 Å². The van der Waals surface area contributed by atoms with Crippen LogP contribution in [0.2, 0.25) is 0 Å². The number of likely N-dealkylation sites (N-methyl/N-ethyl adjacent to an activating group) is 1. The second-order valence-corrected chi connectivity index (χ2v) is 4.96. The van der Waals surface area contributed by atoms with E-state index in [1.807, 2.05) is 0 Å². The van der Waals surface area contributed by atoms with Gasteiger partial charge in [0, 0.05) is 32.8 Å². The molecule has 1 aliphatic carbocycles. The molecule has 0 aromatic heterocycles. The maximum absolute atomic E-state index is 5.06. The summed E-state index contributed by atoms with van der Waals surface area (Å²) in [5.74, 6) is 0.921.